The number of aliphatic hydroxyl groups is 2. The zero-order valence-electron chi connectivity index (χ0n) is 21.1. The van der Waals surface area contributed by atoms with Crippen LogP contribution in [0.2, 0.25) is 0 Å². The van der Waals surface area contributed by atoms with Crippen LogP contribution in [0.5, 0.6) is 0 Å². The quantitative estimate of drug-likeness (QED) is 0.280. The molecule has 3 N–H and O–H groups in total. The minimum absolute atomic E-state index is 0. The third kappa shape index (κ3) is 8.28. The number of carbonyl (C=O) groups excluding carboxylic acids is 2. The van der Waals surface area contributed by atoms with Gasteiger partial charge in [0.2, 0.25) is 0 Å². The average molecular weight is 502 g/mol. The van der Waals surface area contributed by atoms with Gasteiger partial charge in [-0.05, 0) is 24.3 Å². The van der Waals surface area contributed by atoms with Gasteiger partial charge >= 0.3 is 29.6 Å². The van der Waals surface area contributed by atoms with Crippen molar-refractivity contribution in [1.82, 2.24) is 14.9 Å². The molecule has 0 saturated carbocycles. The van der Waals surface area contributed by atoms with Gasteiger partial charge in [0, 0.05) is 31.0 Å². The molecule has 1 amide bonds. The smallest absolute Gasteiger partial charge is 0.550 e. The first-order valence-electron chi connectivity index (χ1n) is 11.8. The van der Waals surface area contributed by atoms with Crippen LogP contribution in [0.3, 0.4) is 0 Å². The number of aromatic nitrogens is 2. The second-order valence-corrected chi connectivity index (χ2v) is 8.92. The molecule has 0 aliphatic rings. The molecule has 0 spiro atoms. The summed E-state index contributed by atoms with van der Waals surface area (Å²) in [5.41, 5.74) is 2.90. The Labute approximate surface area is 233 Å². The predicted octanol–water partition coefficient (Wildman–Crippen LogP) is -0.750. The Hall–Kier alpha value is -2.49. The summed E-state index contributed by atoms with van der Waals surface area (Å²) in [4.78, 5) is 28.6. The number of rotatable bonds is 12. The second-order valence-electron chi connectivity index (χ2n) is 8.92. The minimum atomic E-state index is -1.36. The van der Waals surface area contributed by atoms with Crippen LogP contribution in [0.25, 0.3) is 11.4 Å². The van der Waals surface area contributed by atoms with Crippen LogP contribution < -0.4 is 40.0 Å². The van der Waals surface area contributed by atoms with Gasteiger partial charge in [-0.15, -0.1) is 0 Å². The van der Waals surface area contributed by atoms with Crippen molar-refractivity contribution in [1.29, 1.82) is 0 Å². The van der Waals surface area contributed by atoms with Gasteiger partial charge in [-0.25, -0.2) is 4.98 Å². The first kappa shape index (κ1) is 29.7. The fraction of sp³-hybridized carbons (Fsp3) is 0.370. The van der Waals surface area contributed by atoms with Crippen LogP contribution in [-0.2, 0) is 17.9 Å². The van der Waals surface area contributed by atoms with E-state index in [0.29, 0.717) is 24.6 Å². The van der Waals surface area contributed by atoms with E-state index in [4.69, 9.17) is 4.98 Å². The fourth-order valence-electron chi connectivity index (χ4n) is 4.10. The molecule has 0 unspecified atom stereocenters. The summed E-state index contributed by atoms with van der Waals surface area (Å²) in [6.07, 6.45) is -2.46. The van der Waals surface area contributed by atoms with Crippen LogP contribution in [0.15, 0.2) is 60.7 Å². The predicted molar refractivity (Wildman–Crippen MR) is 130 cm³/mol. The molecule has 0 fully saturated rings. The molecule has 0 aliphatic carbocycles. The number of carboxylic acids is 1. The Kier molecular flexibility index (Phi) is 11.8. The number of carbonyl (C=O) groups is 2. The standard InChI is InChI=1S/C27H33N3O5.Na/c1-18(2)25-24(27(35)28-17-19-9-5-3-6-10-19)29-26(20-11-7-4-8-12-20)30(25)14-13-21(31)15-22(32)16-23(33)34;/h3-12,18,21-22,31-32H,13-17H2,1-2H3,(H,28,35)(H,33,34);/q;+1/p-1/t21-,22-;/m1./s1. The van der Waals surface area contributed by atoms with Crippen molar-refractivity contribution in [3.63, 3.8) is 0 Å². The van der Waals surface area contributed by atoms with Gasteiger partial charge in [-0.2, -0.15) is 0 Å². The van der Waals surface area contributed by atoms with E-state index >= 15 is 0 Å². The molecule has 8 nitrogen and oxygen atoms in total. The van der Waals surface area contributed by atoms with Gasteiger partial charge in [-0.1, -0.05) is 74.5 Å². The topological polar surface area (TPSA) is 128 Å². The Morgan fingerprint density at radius 2 is 1.61 bits per heavy atom. The Morgan fingerprint density at radius 1 is 1.00 bits per heavy atom. The Morgan fingerprint density at radius 3 is 2.19 bits per heavy atom. The van der Waals surface area contributed by atoms with Crippen molar-refractivity contribution in [2.75, 3.05) is 0 Å². The van der Waals surface area contributed by atoms with E-state index in [1.54, 1.807) is 0 Å². The van der Waals surface area contributed by atoms with Gasteiger partial charge in [-0.3, -0.25) is 4.79 Å². The normalized spacial score (nSPS) is 12.6. The largest absolute Gasteiger partial charge is 1.00 e. The summed E-state index contributed by atoms with van der Waals surface area (Å²) < 4.78 is 1.94. The SMILES string of the molecule is CC(C)c1c(C(=O)NCc2ccccc2)nc(-c2ccccc2)n1CC[C@@H](O)C[C@@H](O)CC(=O)[O-].[Na+]. The Bertz CT molecular complexity index is 1120. The number of benzene rings is 2. The van der Waals surface area contributed by atoms with Crippen molar-refractivity contribution in [2.45, 2.75) is 64.3 Å². The molecule has 3 rings (SSSR count). The molecule has 1 heterocycles. The molecule has 0 radical (unpaired) electrons. The van der Waals surface area contributed by atoms with E-state index < -0.39 is 24.6 Å². The van der Waals surface area contributed by atoms with E-state index in [1.165, 1.54) is 0 Å². The van der Waals surface area contributed by atoms with Crippen LogP contribution in [0.4, 0.5) is 0 Å². The van der Waals surface area contributed by atoms with Crippen LogP contribution in [0.1, 0.15) is 60.8 Å². The maximum absolute atomic E-state index is 13.2. The number of aliphatic hydroxyl groups excluding tert-OH is 2. The third-order valence-corrected chi connectivity index (χ3v) is 5.73. The van der Waals surface area contributed by atoms with E-state index in [0.717, 1.165) is 16.8 Å². The van der Waals surface area contributed by atoms with Gasteiger partial charge in [0.1, 0.15) is 11.5 Å². The summed E-state index contributed by atoms with van der Waals surface area (Å²) in [6, 6.07) is 19.1. The molecule has 0 saturated heterocycles. The Balaban J connectivity index is 0.00000456. The number of hydrogen-bond donors (Lipinski definition) is 3. The van der Waals surface area contributed by atoms with Crippen molar-refractivity contribution in [3.05, 3.63) is 77.6 Å². The summed E-state index contributed by atoms with van der Waals surface area (Å²) in [6.45, 7) is 4.68. The molecule has 186 valence electrons. The first-order chi connectivity index (χ1) is 16.8. The van der Waals surface area contributed by atoms with Crippen LogP contribution in [-0.4, -0.2) is 43.8 Å². The summed E-state index contributed by atoms with van der Waals surface area (Å²) >= 11 is 0. The van der Waals surface area contributed by atoms with Crippen LogP contribution >= 0.6 is 0 Å². The van der Waals surface area contributed by atoms with E-state index in [9.17, 15) is 24.9 Å². The summed E-state index contributed by atoms with van der Waals surface area (Å²) in [5, 5.41) is 33.9. The molecule has 36 heavy (non-hydrogen) atoms. The molecule has 3 aromatic rings. The second kappa shape index (κ2) is 14.3. The molecule has 0 bridgehead atoms. The zero-order chi connectivity index (χ0) is 25.4. The number of carboxylic acid groups (broad SMARTS) is 1. The molecule has 1 aromatic heterocycles. The third-order valence-electron chi connectivity index (χ3n) is 5.73. The van der Waals surface area contributed by atoms with Gasteiger partial charge in [0.15, 0.2) is 0 Å². The number of nitrogens with zero attached hydrogens (tertiary/aromatic N) is 2. The average Bonchev–Trinajstić information content (AvgIpc) is 3.22. The van der Waals surface area contributed by atoms with Crippen molar-refractivity contribution in [2.24, 2.45) is 0 Å². The number of nitrogens with one attached hydrogen (secondary N) is 1. The molecule has 0 aliphatic heterocycles. The fourth-order valence-corrected chi connectivity index (χ4v) is 4.10. The van der Waals surface area contributed by atoms with Gasteiger partial charge in [0.05, 0.1) is 17.9 Å². The first-order valence-corrected chi connectivity index (χ1v) is 11.8. The zero-order valence-corrected chi connectivity index (χ0v) is 23.1. The maximum atomic E-state index is 13.2. The monoisotopic (exact) mass is 501 g/mol. The molecular formula is C27H32N3NaO5. The molecule has 2 atom stereocenters. The molecular weight excluding hydrogens is 469 g/mol. The van der Waals surface area contributed by atoms with Gasteiger partial charge in [0.25, 0.3) is 5.91 Å². The van der Waals surface area contributed by atoms with Crippen molar-refractivity contribution in [3.8, 4) is 11.4 Å². The van der Waals surface area contributed by atoms with E-state index in [-0.39, 0.29) is 54.2 Å². The van der Waals surface area contributed by atoms with Crippen molar-refractivity contribution >= 4 is 11.9 Å². The van der Waals surface area contributed by atoms with Crippen molar-refractivity contribution < 1.29 is 54.5 Å². The summed E-state index contributed by atoms with van der Waals surface area (Å²) in [5.74, 6) is -1.06. The molecule has 9 heteroatoms. The van der Waals surface area contributed by atoms with Gasteiger partial charge < -0.3 is 30.0 Å². The number of imidazole rings is 1. The minimum Gasteiger partial charge on any atom is -0.550 e. The maximum Gasteiger partial charge on any atom is 1.00 e. The number of hydrogen-bond acceptors (Lipinski definition) is 6. The number of amides is 1. The van der Waals surface area contributed by atoms with E-state index in [1.807, 2.05) is 79.1 Å². The molecule has 2 aromatic carbocycles. The van der Waals surface area contributed by atoms with E-state index in [2.05, 4.69) is 5.32 Å². The summed E-state index contributed by atoms with van der Waals surface area (Å²) in [7, 11) is 0. The number of aliphatic carboxylic acids is 1. The van der Waals surface area contributed by atoms with Crippen LogP contribution in [0, 0.1) is 0 Å².